The molecular weight excluding hydrogens is 287 g/mol. The molecule has 23 heavy (non-hydrogen) atoms. The van der Waals surface area contributed by atoms with Crippen molar-refractivity contribution in [2.75, 3.05) is 6.61 Å². The highest BCUT2D eigenvalue weighted by atomic mass is 16.5. The monoisotopic (exact) mass is 310 g/mol. The van der Waals surface area contributed by atoms with Crippen LogP contribution in [0, 0.1) is 0 Å². The zero-order valence-corrected chi connectivity index (χ0v) is 13.8. The van der Waals surface area contributed by atoms with Crippen LogP contribution in [0.2, 0.25) is 0 Å². The summed E-state index contributed by atoms with van der Waals surface area (Å²) in [4.78, 5) is 0. The van der Waals surface area contributed by atoms with Crippen molar-refractivity contribution in [1.82, 2.24) is 0 Å². The minimum absolute atomic E-state index is 0.187. The smallest absolute Gasteiger partial charge is 0.491 e. The summed E-state index contributed by atoms with van der Waals surface area (Å²) >= 11 is 0. The van der Waals surface area contributed by atoms with Crippen LogP contribution in [0.15, 0.2) is 42.5 Å². The summed E-state index contributed by atoms with van der Waals surface area (Å²) in [6.07, 6.45) is 2.95. The molecular formula is C19H23BO3. The highest BCUT2D eigenvalue weighted by molar-refractivity contribution is 6.60. The van der Waals surface area contributed by atoms with Crippen molar-refractivity contribution >= 4 is 12.6 Å². The molecule has 1 aliphatic rings. The molecule has 3 nitrogen and oxygen atoms in total. The van der Waals surface area contributed by atoms with Gasteiger partial charge in [0.1, 0.15) is 5.75 Å². The molecule has 2 aromatic rings. The Morgan fingerprint density at radius 2 is 1.91 bits per heavy atom. The maximum atomic E-state index is 9.95. The van der Waals surface area contributed by atoms with Crippen LogP contribution in [0.4, 0.5) is 0 Å². The van der Waals surface area contributed by atoms with Crippen LogP contribution in [0.3, 0.4) is 0 Å². The molecule has 120 valence electrons. The van der Waals surface area contributed by atoms with E-state index in [-0.39, 0.29) is 6.10 Å². The Labute approximate surface area is 138 Å². The predicted molar refractivity (Wildman–Crippen MR) is 93.3 cm³/mol. The van der Waals surface area contributed by atoms with Gasteiger partial charge in [-0.3, -0.25) is 0 Å². The van der Waals surface area contributed by atoms with Crippen molar-refractivity contribution in [1.29, 1.82) is 0 Å². The first kappa shape index (κ1) is 16.1. The summed E-state index contributed by atoms with van der Waals surface area (Å²) in [5.74, 6) is 0.923. The van der Waals surface area contributed by atoms with E-state index in [2.05, 4.69) is 30.3 Å². The maximum Gasteiger partial charge on any atom is 0.491 e. The summed E-state index contributed by atoms with van der Waals surface area (Å²) < 4.78 is 11.1. The molecule has 0 spiro atoms. The van der Waals surface area contributed by atoms with Gasteiger partial charge in [-0.05, 0) is 67.4 Å². The van der Waals surface area contributed by atoms with E-state index in [1.165, 1.54) is 16.7 Å². The van der Waals surface area contributed by atoms with Crippen molar-refractivity contribution in [3.8, 4) is 5.75 Å². The number of ether oxygens (including phenoxy) is 1. The summed E-state index contributed by atoms with van der Waals surface area (Å²) in [5.41, 5.74) is 4.60. The molecule has 3 rings (SSSR count). The van der Waals surface area contributed by atoms with Crippen molar-refractivity contribution < 1.29 is 14.4 Å². The minimum Gasteiger partial charge on any atom is -0.491 e. The number of benzene rings is 2. The number of fused-ring (bicyclic) bond motifs is 1. The van der Waals surface area contributed by atoms with E-state index in [0.29, 0.717) is 6.61 Å². The molecule has 0 aromatic heterocycles. The fourth-order valence-electron chi connectivity index (χ4n) is 2.96. The van der Waals surface area contributed by atoms with Gasteiger partial charge in [-0.2, -0.15) is 0 Å². The number of rotatable bonds is 5. The molecule has 0 atom stereocenters. The molecule has 0 saturated heterocycles. The van der Waals surface area contributed by atoms with Gasteiger partial charge in [0.05, 0.1) is 6.10 Å². The zero-order chi connectivity index (χ0) is 16.2. The quantitative estimate of drug-likeness (QED) is 0.863. The van der Waals surface area contributed by atoms with Gasteiger partial charge in [0.25, 0.3) is 0 Å². The molecule has 4 heteroatoms. The van der Waals surface area contributed by atoms with Crippen molar-refractivity contribution in [2.24, 2.45) is 0 Å². The van der Waals surface area contributed by atoms with Gasteiger partial charge in [0, 0.05) is 6.61 Å². The van der Waals surface area contributed by atoms with Crippen molar-refractivity contribution in [3.05, 3.63) is 59.2 Å². The average Bonchev–Trinajstić information content (AvgIpc) is 2.53. The third-order valence-corrected chi connectivity index (χ3v) is 4.10. The molecule has 0 bridgehead atoms. The first-order chi connectivity index (χ1) is 11.1. The summed E-state index contributed by atoms with van der Waals surface area (Å²) in [6.45, 7) is 4.66. The van der Waals surface area contributed by atoms with Crippen LogP contribution in [0.1, 0.15) is 30.5 Å². The second-order valence-corrected chi connectivity index (χ2v) is 6.32. The average molecular weight is 310 g/mol. The molecule has 0 radical (unpaired) electrons. The Hall–Kier alpha value is -1.78. The van der Waals surface area contributed by atoms with Crippen LogP contribution < -0.4 is 10.2 Å². The maximum absolute atomic E-state index is 9.95. The minimum atomic E-state index is -0.776. The Morgan fingerprint density at radius 1 is 1.13 bits per heavy atom. The van der Waals surface area contributed by atoms with Gasteiger partial charge in [0.2, 0.25) is 0 Å². The van der Waals surface area contributed by atoms with E-state index in [9.17, 15) is 5.02 Å². The highest BCUT2D eigenvalue weighted by Gasteiger charge is 2.24. The van der Waals surface area contributed by atoms with Crippen LogP contribution >= 0.6 is 0 Å². The first-order valence-corrected chi connectivity index (χ1v) is 8.29. The predicted octanol–water partition coefficient (Wildman–Crippen LogP) is 2.52. The highest BCUT2D eigenvalue weighted by Crippen LogP contribution is 2.17. The van der Waals surface area contributed by atoms with Crippen LogP contribution in [-0.2, 0) is 23.9 Å². The largest absolute Gasteiger partial charge is 0.491 e. The molecule has 1 heterocycles. The van der Waals surface area contributed by atoms with E-state index in [4.69, 9.17) is 9.39 Å². The second-order valence-electron chi connectivity index (χ2n) is 6.32. The first-order valence-electron chi connectivity index (χ1n) is 8.29. The van der Waals surface area contributed by atoms with Gasteiger partial charge in [-0.25, -0.2) is 0 Å². The Balaban J connectivity index is 1.68. The third-order valence-electron chi connectivity index (χ3n) is 4.10. The Morgan fingerprint density at radius 3 is 2.70 bits per heavy atom. The zero-order valence-electron chi connectivity index (χ0n) is 13.8. The topological polar surface area (TPSA) is 38.7 Å². The molecule has 0 unspecified atom stereocenters. The van der Waals surface area contributed by atoms with Crippen LogP contribution in [-0.4, -0.2) is 24.9 Å². The standard InChI is InChI=1S/C19H23BO3/c1-14(2)23-18-5-3-4-15(12-18)6-7-16-8-9-17-10-11-22-20(21)19(17)13-16/h3-5,8-9,12-14,21H,6-7,10-11H2,1-2H3. The molecule has 2 aromatic carbocycles. The molecule has 0 fully saturated rings. The molecule has 1 N–H and O–H groups in total. The van der Waals surface area contributed by atoms with Gasteiger partial charge >= 0.3 is 7.12 Å². The molecule has 0 amide bonds. The molecule has 0 saturated carbocycles. The molecule has 0 aliphatic carbocycles. The van der Waals surface area contributed by atoms with Gasteiger partial charge in [0.15, 0.2) is 0 Å². The Bertz CT molecular complexity index is 669. The van der Waals surface area contributed by atoms with Crippen molar-refractivity contribution in [3.63, 3.8) is 0 Å². The number of hydrogen-bond donors (Lipinski definition) is 1. The fraction of sp³-hybridized carbons (Fsp3) is 0.368. The van der Waals surface area contributed by atoms with Crippen molar-refractivity contribution in [2.45, 2.75) is 39.2 Å². The van der Waals surface area contributed by atoms with Crippen LogP contribution in [0.5, 0.6) is 5.75 Å². The normalized spacial score (nSPS) is 14.0. The number of hydrogen-bond acceptors (Lipinski definition) is 3. The summed E-state index contributed by atoms with van der Waals surface area (Å²) in [5, 5.41) is 9.95. The van der Waals surface area contributed by atoms with E-state index in [0.717, 1.165) is 30.5 Å². The number of aryl methyl sites for hydroxylation is 2. The lowest BCUT2D eigenvalue weighted by molar-refractivity contribution is 0.242. The third kappa shape index (κ3) is 4.15. The lowest BCUT2D eigenvalue weighted by Gasteiger charge is -2.19. The van der Waals surface area contributed by atoms with E-state index in [1.807, 2.05) is 26.0 Å². The van der Waals surface area contributed by atoms with E-state index >= 15 is 0 Å². The summed E-state index contributed by atoms with van der Waals surface area (Å²) in [6, 6.07) is 14.6. The van der Waals surface area contributed by atoms with E-state index in [1.54, 1.807) is 0 Å². The lowest BCUT2D eigenvalue weighted by Crippen LogP contribution is -2.41. The second kappa shape index (κ2) is 7.20. The lowest BCUT2D eigenvalue weighted by atomic mass is 9.73. The van der Waals surface area contributed by atoms with Gasteiger partial charge in [-0.1, -0.05) is 30.3 Å². The fourth-order valence-corrected chi connectivity index (χ4v) is 2.96. The van der Waals surface area contributed by atoms with E-state index < -0.39 is 7.12 Å². The van der Waals surface area contributed by atoms with Crippen LogP contribution in [0.25, 0.3) is 0 Å². The van der Waals surface area contributed by atoms with Gasteiger partial charge < -0.3 is 14.4 Å². The molecule has 1 aliphatic heterocycles. The SMILES string of the molecule is CC(C)Oc1cccc(CCc2ccc3c(c2)B(O)OCC3)c1. The Kier molecular flexibility index (Phi) is 5.04. The summed E-state index contributed by atoms with van der Waals surface area (Å²) in [7, 11) is -0.776. The van der Waals surface area contributed by atoms with Gasteiger partial charge in [-0.15, -0.1) is 0 Å².